The summed E-state index contributed by atoms with van der Waals surface area (Å²) in [4.78, 5) is 14.2. The van der Waals surface area contributed by atoms with E-state index in [0.717, 1.165) is 11.4 Å². The zero-order chi connectivity index (χ0) is 13.8. The van der Waals surface area contributed by atoms with Crippen LogP contribution in [0.2, 0.25) is 0 Å². The lowest BCUT2D eigenvalue weighted by Gasteiger charge is -2.09. The first-order chi connectivity index (χ1) is 9.11. The molecule has 0 aliphatic rings. The Balaban J connectivity index is 2.04. The van der Waals surface area contributed by atoms with Gasteiger partial charge in [0.1, 0.15) is 11.5 Å². The Labute approximate surface area is 110 Å². The summed E-state index contributed by atoms with van der Waals surface area (Å²) in [5.41, 5.74) is 2.52. The molecule has 0 saturated carbocycles. The van der Waals surface area contributed by atoms with Crippen molar-refractivity contribution in [3.8, 4) is 0 Å². The Kier molecular flexibility index (Phi) is 3.85. The second-order valence-corrected chi connectivity index (χ2v) is 4.15. The Bertz CT molecular complexity index is 593. The number of hydrogen-bond donors (Lipinski definition) is 2. The Morgan fingerprint density at radius 1 is 1.37 bits per heavy atom. The van der Waals surface area contributed by atoms with Crippen LogP contribution in [0.1, 0.15) is 21.7 Å². The second kappa shape index (κ2) is 5.56. The number of hydrogen-bond acceptors (Lipinski definition) is 3. The van der Waals surface area contributed by atoms with Gasteiger partial charge in [-0.3, -0.25) is 0 Å². The molecule has 0 unspecified atom stereocenters. The standard InChI is InChI=1S/C14H15FN2O2/c1-9-11(15)4-3-5-12(9)16-8-10-6-7-13(17-10)14(18)19-2/h3-7,16-17H,8H2,1-2H3. The van der Waals surface area contributed by atoms with Crippen LogP contribution < -0.4 is 5.32 Å². The van der Waals surface area contributed by atoms with Gasteiger partial charge in [0, 0.05) is 16.9 Å². The summed E-state index contributed by atoms with van der Waals surface area (Å²) < 4.78 is 18.0. The number of carbonyl (C=O) groups is 1. The molecule has 19 heavy (non-hydrogen) atoms. The van der Waals surface area contributed by atoms with E-state index in [2.05, 4.69) is 15.0 Å². The molecule has 0 aliphatic heterocycles. The number of carbonyl (C=O) groups excluding carboxylic acids is 1. The van der Waals surface area contributed by atoms with E-state index in [-0.39, 0.29) is 5.82 Å². The number of aromatic amines is 1. The number of ether oxygens (including phenoxy) is 1. The van der Waals surface area contributed by atoms with Crippen LogP contribution >= 0.6 is 0 Å². The highest BCUT2D eigenvalue weighted by atomic mass is 19.1. The van der Waals surface area contributed by atoms with Gasteiger partial charge >= 0.3 is 5.97 Å². The predicted molar refractivity (Wildman–Crippen MR) is 70.6 cm³/mol. The molecular formula is C14H15FN2O2. The van der Waals surface area contributed by atoms with E-state index < -0.39 is 5.97 Å². The Morgan fingerprint density at radius 2 is 2.16 bits per heavy atom. The Hall–Kier alpha value is -2.30. The fourth-order valence-electron chi connectivity index (χ4n) is 1.76. The molecular weight excluding hydrogens is 247 g/mol. The lowest BCUT2D eigenvalue weighted by atomic mass is 10.2. The molecule has 2 rings (SSSR count). The zero-order valence-corrected chi connectivity index (χ0v) is 10.8. The highest BCUT2D eigenvalue weighted by Crippen LogP contribution is 2.18. The summed E-state index contributed by atoms with van der Waals surface area (Å²) in [6, 6.07) is 8.32. The van der Waals surface area contributed by atoms with Crippen molar-refractivity contribution in [3.05, 3.63) is 53.1 Å². The molecule has 0 saturated heterocycles. The van der Waals surface area contributed by atoms with Gasteiger partial charge in [-0.15, -0.1) is 0 Å². The first kappa shape index (κ1) is 13.1. The van der Waals surface area contributed by atoms with E-state index in [1.54, 1.807) is 25.1 Å². The maximum atomic E-state index is 13.4. The average molecular weight is 262 g/mol. The summed E-state index contributed by atoms with van der Waals surface area (Å²) >= 11 is 0. The van der Waals surface area contributed by atoms with Crippen LogP contribution in [0.5, 0.6) is 0 Å². The van der Waals surface area contributed by atoms with E-state index in [1.807, 2.05) is 6.07 Å². The fraction of sp³-hybridized carbons (Fsp3) is 0.214. The van der Waals surface area contributed by atoms with Gasteiger partial charge in [-0.1, -0.05) is 6.07 Å². The third kappa shape index (κ3) is 2.93. The van der Waals surface area contributed by atoms with Crippen LogP contribution in [0.3, 0.4) is 0 Å². The molecule has 1 heterocycles. The maximum Gasteiger partial charge on any atom is 0.354 e. The minimum absolute atomic E-state index is 0.244. The first-order valence-electron chi connectivity index (χ1n) is 5.87. The van der Waals surface area contributed by atoms with Crippen molar-refractivity contribution in [2.24, 2.45) is 0 Å². The van der Waals surface area contributed by atoms with Gasteiger partial charge in [-0.2, -0.15) is 0 Å². The van der Waals surface area contributed by atoms with E-state index >= 15 is 0 Å². The number of halogens is 1. The smallest absolute Gasteiger partial charge is 0.354 e. The number of aromatic nitrogens is 1. The number of rotatable bonds is 4. The Morgan fingerprint density at radius 3 is 2.89 bits per heavy atom. The van der Waals surface area contributed by atoms with Crippen molar-refractivity contribution in [1.29, 1.82) is 0 Å². The largest absolute Gasteiger partial charge is 0.464 e. The highest BCUT2D eigenvalue weighted by molar-refractivity contribution is 5.87. The number of esters is 1. The lowest BCUT2D eigenvalue weighted by Crippen LogP contribution is -2.04. The van der Waals surface area contributed by atoms with Gasteiger partial charge < -0.3 is 15.0 Å². The number of H-pyrrole nitrogens is 1. The van der Waals surface area contributed by atoms with Crippen LogP contribution in [-0.2, 0) is 11.3 Å². The molecule has 2 N–H and O–H groups in total. The van der Waals surface area contributed by atoms with Crippen LogP contribution in [0.4, 0.5) is 10.1 Å². The van der Waals surface area contributed by atoms with Crippen molar-refractivity contribution in [1.82, 2.24) is 4.98 Å². The molecule has 100 valence electrons. The minimum Gasteiger partial charge on any atom is -0.464 e. The summed E-state index contributed by atoms with van der Waals surface area (Å²) in [6.07, 6.45) is 0. The number of methoxy groups -OCH3 is 1. The van der Waals surface area contributed by atoms with Gasteiger partial charge in [-0.25, -0.2) is 9.18 Å². The quantitative estimate of drug-likeness (QED) is 0.833. The molecule has 1 aromatic heterocycles. The monoisotopic (exact) mass is 262 g/mol. The maximum absolute atomic E-state index is 13.4. The molecule has 0 bridgehead atoms. The van der Waals surface area contributed by atoms with E-state index in [0.29, 0.717) is 17.8 Å². The van der Waals surface area contributed by atoms with Crippen molar-refractivity contribution in [2.45, 2.75) is 13.5 Å². The predicted octanol–water partition coefficient (Wildman–Crippen LogP) is 2.86. The molecule has 5 heteroatoms. The van der Waals surface area contributed by atoms with Gasteiger partial charge in [0.25, 0.3) is 0 Å². The van der Waals surface area contributed by atoms with Gasteiger partial charge in [0.05, 0.1) is 13.7 Å². The average Bonchev–Trinajstić information content (AvgIpc) is 2.88. The first-order valence-corrected chi connectivity index (χ1v) is 5.87. The van der Waals surface area contributed by atoms with Gasteiger partial charge in [-0.05, 0) is 31.2 Å². The number of anilines is 1. The molecule has 0 fully saturated rings. The van der Waals surface area contributed by atoms with Crippen molar-refractivity contribution < 1.29 is 13.9 Å². The van der Waals surface area contributed by atoms with Crippen LogP contribution in [0, 0.1) is 12.7 Å². The lowest BCUT2D eigenvalue weighted by molar-refractivity contribution is 0.0594. The third-order valence-electron chi connectivity index (χ3n) is 2.89. The summed E-state index contributed by atoms with van der Waals surface area (Å²) in [7, 11) is 1.33. The van der Waals surface area contributed by atoms with Crippen LogP contribution in [0.15, 0.2) is 30.3 Å². The molecule has 0 radical (unpaired) electrons. The molecule has 4 nitrogen and oxygen atoms in total. The highest BCUT2D eigenvalue weighted by Gasteiger charge is 2.08. The van der Waals surface area contributed by atoms with E-state index in [9.17, 15) is 9.18 Å². The molecule has 1 aromatic carbocycles. The fourth-order valence-corrected chi connectivity index (χ4v) is 1.76. The van der Waals surface area contributed by atoms with E-state index in [4.69, 9.17) is 0 Å². The topological polar surface area (TPSA) is 54.1 Å². The molecule has 2 aromatic rings. The van der Waals surface area contributed by atoms with Crippen molar-refractivity contribution in [3.63, 3.8) is 0 Å². The number of benzene rings is 1. The van der Waals surface area contributed by atoms with Crippen molar-refractivity contribution >= 4 is 11.7 Å². The van der Waals surface area contributed by atoms with Crippen LogP contribution in [-0.4, -0.2) is 18.1 Å². The van der Waals surface area contributed by atoms with Crippen LogP contribution in [0.25, 0.3) is 0 Å². The van der Waals surface area contributed by atoms with Gasteiger partial charge in [0.2, 0.25) is 0 Å². The zero-order valence-electron chi connectivity index (χ0n) is 10.8. The normalized spacial score (nSPS) is 10.3. The number of nitrogens with one attached hydrogen (secondary N) is 2. The summed E-state index contributed by atoms with van der Waals surface area (Å²) in [5.74, 6) is -0.653. The second-order valence-electron chi connectivity index (χ2n) is 4.15. The molecule has 0 aliphatic carbocycles. The summed E-state index contributed by atoms with van der Waals surface area (Å²) in [6.45, 7) is 2.19. The van der Waals surface area contributed by atoms with Gasteiger partial charge in [0.15, 0.2) is 0 Å². The summed E-state index contributed by atoms with van der Waals surface area (Å²) in [5, 5.41) is 3.12. The minimum atomic E-state index is -0.409. The molecule has 0 atom stereocenters. The van der Waals surface area contributed by atoms with E-state index in [1.165, 1.54) is 13.2 Å². The third-order valence-corrected chi connectivity index (χ3v) is 2.89. The SMILES string of the molecule is COC(=O)c1ccc(CNc2cccc(F)c2C)[nH]1. The molecule has 0 spiro atoms. The molecule has 0 amide bonds. The van der Waals surface area contributed by atoms with Crippen molar-refractivity contribution in [2.75, 3.05) is 12.4 Å².